The first-order valence-corrected chi connectivity index (χ1v) is 9.02. The highest BCUT2D eigenvalue weighted by atomic mass is 19.1. The third-order valence-corrected chi connectivity index (χ3v) is 4.41. The first-order chi connectivity index (χ1) is 13.1. The fourth-order valence-corrected chi connectivity index (χ4v) is 3.02. The molecule has 3 aromatic carbocycles. The van der Waals surface area contributed by atoms with E-state index in [1.165, 1.54) is 6.07 Å². The van der Waals surface area contributed by atoms with Crippen molar-refractivity contribution < 1.29 is 9.18 Å². The molecule has 3 aromatic rings. The third kappa shape index (κ3) is 5.50. The third-order valence-electron chi connectivity index (χ3n) is 4.41. The lowest BCUT2D eigenvalue weighted by atomic mass is 10.0. The Hall–Kier alpha value is -2.98. The molecule has 0 fully saturated rings. The number of halogens is 1. The Morgan fingerprint density at radius 3 is 2.41 bits per heavy atom. The van der Waals surface area contributed by atoms with Crippen LogP contribution in [0.2, 0.25) is 0 Å². The molecule has 0 saturated carbocycles. The predicted octanol–water partition coefficient (Wildman–Crippen LogP) is 4.07. The van der Waals surface area contributed by atoms with E-state index in [1.54, 1.807) is 18.2 Å². The van der Waals surface area contributed by atoms with Crippen LogP contribution in [0.25, 0.3) is 11.1 Å². The SMILES string of the molecule is N[C@@H](CC(=O)NCc1cccc(-c2ccccc2)c1)Cc1ccccc1F. The molecule has 0 unspecified atom stereocenters. The molecule has 0 heterocycles. The molecule has 0 spiro atoms. The zero-order chi connectivity index (χ0) is 19.1. The summed E-state index contributed by atoms with van der Waals surface area (Å²) in [7, 11) is 0. The van der Waals surface area contributed by atoms with Crippen LogP contribution < -0.4 is 11.1 Å². The molecule has 1 atom stereocenters. The van der Waals surface area contributed by atoms with Crippen molar-refractivity contribution in [2.75, 3.05) is 0 Å². The van der Waals surface area contributed by atoms with Crippen LogP contribution in [0.15, 0.2) is 78.9 Å². The topological polar surface area (TPSA) is 55.1 Å². The average Bonchev–Trinajstić information content (AvgIpc) is 2.69. The highest BCUT2D eigenvalue weighted by Gasteiger charge is 2.12. The summed E-state index contributed by atoms with van der Waals surface area (Å²) in [5, 5.41) is 2.90. The minimum Gasteiger partial charge on any atom is -0.352 e. The Bertz CT molecular complexity index is 896. The van der Waals surface area contributed by atoms with Crippen molar-refractivity contribution in [3.05, 3.63) is 95.8 Å². The van der Waals surface area contributed by atoms with Crippen LogP contribution in [0.3, 0.4) is 0 Å². The summed E-state index contributed by atoms with van der Waals surface area (Å²) in [5.74, 6) is -0.421. The van der Waals surface area contributed by atoms with Gasteiger partial charge in [0.2, 0.25) is 5.91 Å². The molecule has 1 amide bonds. The highest BCUT2D eigenvalue weighted by Crippen LogP contribution is 2.20. The van der Waals surface area contributed by atoms with Crippen molar-refractivity contribution in [1.29, 1.82) is 0 Å². The van der Waals surface area contributed by atoms with E-state index in [1.807, 2.05) is 36.4 Å². The lowest BCUT2D eigenvalue weighted by molar-refractivity contribution is -0.121. The molecular weight excluding hydrogens is 339 g/mol. The summed E-state index contributed by atoms with van der Waals surface area (Å²) in [6, 6.07) is 24.3. The molecule has 0 bridgehead atoms. The molecule has 0 aliphatic heterocycles. The van der Waals surface area contributed by atoms with Crippen molar-refractivity contribution in [1.82, 2.24) is 5.32 Å². The van der Waals surface area contributed by atoms with Gasteiger partial charge in [-0.3, -0.25) is 4.79 Å². The molecule has 0 aliphatic carbocycles. The van der Waals surface area contributed by atoms with Crippen molar-refractivity contribution >= 4 is 5.91 Å². The number of hydrogen-bond acceptors (Lipinski definition) is 2. The molecule has 138 valence electrons. The second kappa shape index (κ2) is 9.10. The molecule has 4 heteroatoms. The van der Waals surface area contributed by atoms with E-state index in [9.17, 15) is 9.18 Å². The molecule has 0 aliphatic rings. The summed E-state index contributed by atoms with van der Waals surface area (Å²) < 4.78 is 13.7. The van der Waals surface area contributed by atoms with Crippen molar-refractivity contribution in [2.24, 2.45) is 5.73 Å². The van der Waals surface area contributed by atoms with Crippen LogP contribution in [-0.2, 0) is 17.8 Å². The van der Waals surface area contributed by atoms with Crippen LogP contribution in [0, 0.1) is 5.82 Å². The van der Waals surface area contributed by atoms with Gasteiger partial charge in [-0.2, -0.15) is 0 Å². The maximum atomic E-state index is 13.7. The van der Waals surface area contributed by atoms with Gasteiger partial charge < -0.3 is 11.1 Å². The van der Waals surface area contributed by atoms with Gasteiger partial charge in [0.1, 0.15) is 5.82 Å². The van der Waals surface area contributed by atoms with Crippen LogP contribution in [-0.4, -0.2) is 11.9 Å². The maximum absolute atomic E-state index is 13.7. The number of carbonyl (C=O) groups excluding carboxylic acids is 1. The van der Waals surface area contributed by atoms with Gasteiger partial charge in [-0.1, -0.05) is 66.7 Å². The van der Waals surface area contributed by atoms with E-state index in [-0.39, 0.29) is 18.1 Å². The molecule has 3 N–H and O–H groups in total. The lowest BCUT2D eigenvalue weighted by Gasteiger charge is -2.13. The Kier molecular flexibility index (Phi) is 6.34. The van der Waals surface area contributed by atoms with Crippen molar-refractivity contribution in [2.45, 2.75) is 25.4 Å². The quantitative estimate of drug-likeness (QED) is 0.666. The second-order valence-corrected chi connectivity index (χ2v) is 6.60. The van der Waals surface area contributed by atoms with Gasteiger partial charge in [0.25, 0.3) is 0 Å². The summed E-state index contributed by atoms with van der Waals surface area (Å²) in [6.07, 6.45) is 0.496. The summed E-state index contributed by atoms with van der Waals surface area (Å²) >= 11 is 0. The van der Waals surface area contributed by atoms with Gasteiger partial charge in [0.15, 0.2) is 0 Å². The van der Waals surface area contributed by atoms with Crippen LogP contribution >= 0.6 is 0 Å². The molecule has 0 aromatic heterocycles. The smallest absolute Gasteiger partial charge is 0.221 e. The minimum atomic E-state index is -0.419. The number of amides is 1. The molecule has 27 heavy (non-hydrogen) atoms. The molecular formula is C23H23FN2O. The van der Waals surface area contributed by atoms with Gasteiger partial charge in [-0.05, 0) is 40.8 Å². The number of rotatable bonds is 7. The molecule has 3 nitrogen and oxygen atoms in total. The van der Waals surface area contributed by atoms with E-state index in [2.05, 4.69) is 23.5 Å². The van der Waals surface area contributed by atoms with E-state index >= 15 is 0 Å². The minimum absolute atomic E-state index is 0.135. The largest absolute Gasteiger partial charge is 0.352 e. The van der Waals surface area contributed by atoms with Crippen LogP contribution in [0.5, 0.6) is 0 Å². The lowest BCUT2D eigenvalue weighted by Crippen LogP contribution is -2.33. The average molecular weight is 362 g/mol. The first-order valence-electron chi connectivity index (χ1n) is 9.02. The standard InChI is InChI=1S/C23H23FN2O/c24-22-12-5-4-10-20(22)14-21(25)15-23(27)26-16-17-7-6-11-19(13-17)18-8-2-1-3-9-18/h1-13,21H,14-16,25H2,(H,26,27)/t21-/m1/s1. The van der Waals surface area contributed by atoms with Crippen LogP contribution in [0.1, 0.15) is 17.5 Å². The number of carbonyl (C=O) groups is 1. The second-order valence-electron chi connectivity index (χ2n) is 6.60. The molecule has 0 radical (unpaired) electrons. The fraction of sp³-hybridized carbons (Fsp3) is 0.174. The maximum Gasteiger partial charge on any atom is 0.221 e. The zero-order valence-electron chi connectivity index (χ0n) is 15.1. The van der Waals surface area contributed by atoms with Gasteiger partial charge in [-0.25, -0.2) is 4.39 Å². The predicted molar refractivity (Wildman–Crippen MR) is 106 cm³/mol. The van der Waals surface area contributed by atoms with Gasteiger partial charge >= 0.3 is 0 Å². The number of benzene rings is 3. The fourth-order valence-electron chi connectivity index (χ4n) is 3.02. The Morgan fingerprint density at radius 1 is 0.926 bits per heavy atom. The Labute approximate surface area is 159 Å². The molecule has 0 saturated heterocycles. The van der Waals surface area contributed by atoms with E-state index in [0.717, 1.165) is 16.7 Å². The zero-order valence-corrected chi connectivity index (χ0v) is 15.1. The Balaban J connectivity index is 1.53. The number of nitrogens with two attached hydrogens (primary N) is 1. The summed E-state index contributed by atoms with van der Waals surface area (Å²) in [4.78, 5) is 12.2. The van der Waals surface area contributed by atoms with Gasteiger partial charge in [-0.15, -0.1) is 0 Å². The number of nitrogens with one attached hydrogen (secondary N) is 1. The van der Waals surface area contributed by atoms with Gasteiger partial charge in [0, 0.05) is 19.0 Å². The van der Waals surface area contributed by atoms with Gasteiger partial charge in [0.05, 0.1) is 0 Å². The van der Waals surface area contributed by atoms with E-state index in [0.29, 0.717) is 18.5 Å². The Morgan fingerprint density at radius 2 is 1.63 bits per heavy atom. The van der Waals surface area contributed by atoms with Crippen molar-refractivity contribution in [3.8, 4) is 11.1 Å². The van der Waals surface area contributed by atoms with Crippen LogP contribution in [0.4, 0.5) is 4.39 Å². The normalized spacial score (nSPS) is 11.8. The van der Waals surface area contributed by atoms with E-state index < -0.39 is 6.04 Å². The summed E-state index contributed by atoms with van der Waals surface area (Å²) in [5.41, 5.74) is 9.82. The van der Waals surface area contributed by atoms with Crippen molar-refractivity contribution in [3.63, 3.8) is 0 Å². The monoisotopic (exact) mass is 362 g/mol. The highest BCUT2D eigenvalue weighted by molar-refractivity contribution is 5.76. The first kappa shape index (κ1) is 18.8. The number of hydrogen-bond donors (Lipinski definition) is 2. The summed E-state index contributed by atoms with van der Waals surface area (Å²) in [6.45, 7) is 0.436. The molecule has 3 rings (SSSR count). The van der Waals surface area contributed by atoms with E-state index in [4.69, 9.17) is 5.73 Å².